The van der Waals surface area contributed by atoms with Gasteiger partial charge in [0.1, 0.15) is 5.78 Å². The predicted octanol–water partition coefficient (Wildman–Crippen LogP) is 7.91. The average molecular weight is 471 g/mol. The maximum atomic E-state index is 12.7. The Labute approximate surface area is 208 Å². The van der Waals surface area contributed by atoms with Crippen LogP contribution >= 0.6 is 0 Å². The van der Waals surface area contributed by atoms with Crippen LogP contribution in [0.3, 0.4) is 0 Å². The first-order chi connectivity index (χ1) is 15.6. The van der Waals surface area contributed by atoms with E-state index in [9.17, 15) is 14.7 Å². The predicted molar refractivity (Wildman–Crippen MR) is 136 cm³/mol. The van der Waals surface area contributed by atoms with Gasteiger partial charge in [-0.05, 0) is 114 Å². The third kappa shape index (κ3) is 3.06. The molecule has 10 unspecified atom stereocenters. The highest BCUT2D eigenvalue weighted by Gasteiger charge is 2.71. The number of carbonyl (C=O) groups is 2. The molecule has 10 atom stereocenters. The van der Waals surface area contributed by atoms with Gasteiger partial charge in [-0.2, -0.15) is 0 Å². The van der Waals surface area contributed by atoms with Crippen LogP contribution in [-0.4, -0.2) is 16.9 Å². The second-order valence-corrected chi connectivity index (χ2v) is 15.5. The fourth-order valence-corrected chi connectivity index (χ4v) is 11.6. The summed E-state index contributed by atoms with van der Waals surface area (Å²) >= 11 is 0. The van der Waals surface area contributed by atoms with Gasteiger partial charge in [-0.15, -0.1) is 0 Å². The van der Waals surface area contributed by atoms with Crippen molar-refractivity contribution in [1.29, 1.82) is 0 Å². The number of Topliss-reactive ketones (excluding diaryl/α,β-unsaturated/α-hetero) is 1. The number of rotatable bonds is 2. The molecule has 0 heterocycles. The number of carboxylic acids is 1. The number of hydrogen-bond donors (Lipinski definition) is 1. The van der Waals surface area contributed by atoms with Crippen molar-refractivity contribution in [2.45, 2.75) is 126 Å². The first-order valence-corrected chi connectivity index (χ1v) is 14.4. The van der Waals surface area contributed by atoms with Crippen molar-refractivity contribution in [3.63, 3.8) is 0 Å². The Hall–Kier alpha value is -0.860. The fraction of sp³-hybridized carbons (Fsp3) is 0.935. The molecule has 192 valence electrons. The van der Waals surface area contributed by atoms with Crippen molar-refractivity contribution >= 4 is 11.8 Å². The van der Waals surface area contributed by atoms with E-state index in [4.69, 9.17) is 0 Å². The summed E-state index contributed by atoms with van der Waals surface area (Å²) in [6, 6.07) is 0. The molecule has 5 aliphatic rings. The zero-order valence-electron chi connectivity index (χ0n) is 23.1. The Morgan fingerprint density at radius 3 is 2.09 bits per heavy atom. The molecule has 0 radical (unpaired) electrons. The Bertz CT molecular complexity index is 895. The molecule has 3 nitrogen and oxygen atoms in total. The molecular weight excluding hydrogens is 420 g/mol. The largest absolute Gasteiger partial charge is 0.481 e. The summed E-state index contributed by atoms with van der Waals surface area (Å²) in [7, 11) is 0. The summed E-state index contributed by atoms with van der Waals surface area (Å²) < 4.78 is 0. The molecule has 5 saturated carbocycles. The maximum absolute atomic E-state index is 12.7. The van der Waals surface area contributed by atoms with Crippen LogP contribution in [0.25, 0.3) is 0 Å². The van der Waals surface area contributed by atoms with E-state index < -0.39 is 5.97 Å². The lowest BCUT2D eigenvalue weighted by molar-refractivity contribution is -0.257. The Morgan fingerprint density at radius 1 is 0.794 bits per heavy atom. The van der Waals surface area contributed by atoms with Gasteiger partial charge in [0.05, 0.1) is 6.42 Å². The summed E-state index contributed by atoms with van der Waals surface area (Å²) in [5.74, 6) is 2.07. The van der Waals surface area contributed by atoms with Crippen molar-refractivity contribution in [1.82, 2.24) is 0 Å². The first-order valence-electron chi connectivity index (χ1n) is 14.4. The van der Waals surface area contributed by atoms with Crippen molar-refractivity contribution in [3.8, 4) is 0 Å². The molecule has 5 rings (SSSR count). The lowest BCUT2D eigenvalue weighted by Gasteiger charge is -2.74. The van der Waals surface area contributed by atoms with E-state index in [-0.39, 0.29) is 22.2 Å². The highest BCUT2D eigenvalue weighted by molar-refractivity contribution is 5.82. The molecule has 0 aromatic rings. The maximum Gasteiger partial charge on any atom is 0.303 e. The quantitative estimate of drug-likeness (QED) is 0.446. The van der Waals surface area contributed by atoms with Crippen molar-refractivity contribution in [2.24, 2.45) is 56.2 Å². The summed E-state index contributed by atoms with van der Waals surface area (Å²) in [6.07, 6.45) is 13.2. The lowest BCUT2D eigenvalue weighted by Crippen LogP contribution is -2.67. The number of carboxylic acid groups (broad SMARTS) is 1. The van der Waals surface area contributed by atoms with Crippen molar-refractivity contribution in [3.05, 3.63) is 0 Å². The Balaban J connectivity index is 1.52. The molecule has 0 aromatic carbocycles. The van der Waals surface area contributed by atoms with E-state index >= 15 is 0 Å². The SMILES string of the molecule is CC1C(=O)CCC2C1(C)CCC1C2(C)CCC2(C)C3CC(C)(CC(=O)O)CCC3(C)CCC12C. The molecule has 3 heteroatoms. The van der Waals surface area contributed by atoms with E-state index in [2.05, 4.69) is 48.5 Å². The highest BCUT2D eigenvalue weighted by atomic mass is 16.4. The van der Waals surface area contributed by atoms with Crippen LogP contribution < -0.4 is 0 Å². The van der Waals surface area contributed by atoms with Crippen LogP contribution in [0, 0.1) is 56.2 Å². The standard InChI is InChI=1S/C31H50O3/c1-20-21(32)8-9-22-28(20,4)11-10-23-29(22,5)15-17-31(7)24-18-26(2,19-25(33)34)12-13-27(24,3)14-16-30(23,31)6/h20,22-24H,8-19H2,1-7H3,(H,33,34). The van der Waals surface area contributed by atoms with E-state index in [0.717, 1.165) is 31.6 Å². The monoisotopic (exact) mass is 470 g/mol. The van der Waals surface area contributed by atoms with Crippen molar-refractivity contribution < 1.29 is 14.7 Å². The third-order valence-corrected chi connectivity index (χ3v) is 14.2. The molecular formula is C31H50O3. The molecule has 0 aromatic heterocycles. The second-order valence-electron chi connectivity index (χ2n) is 15.5. The fourth-order valence-electron chi connectivity index (χ4n) is 11.6. The minimum absolute atomic E-state index is 0.0671. The van der Waals surface area contributed by atoms with Crippen LogP contribution in [0.5, 0.6) is 0 Å². The Morgan fingerprint density at radius 2 is 1.41 bits per heavy atom. The summed E-state index contributed by atoms with van der Waals surface area (Å²) in [4.78, 5) is 24.5. The Kier molecular flexibility index (Phi) is 5.36. The molecule has 0 spiro atoms. The third-order valence-electron chi connectivity index (χ3n) is 14.2. The van der Waals surface area contributed by atoms with E-state index in [1.54, 1.807) is 0 Å². The van der Waals surface area contributed by atoms with Gasteiger partial charge in [-0.25, -0.2) is 0 Å². The minimum Gasteiger partial charge on any atom is -0.481 e. The van der Waals surface area contributed by atoms with Crippen molar-refractivity contribution in [2.75, 3.05) is 0 Å². The van der Waals surface area contributed by atoms with Crippen LogP contribution in [-0.2, 0) is 9.59 Å². The zero-order valence-corrected chi connectivity index (χ0v) is 23.1. The van der Waals surface area contributed by atoms with Gasteiger partial charge in [-0.3, -0.25) is 9.59 Å². The second kappa shape index (κ2) is 7.34. The summed E-state index contributed by atoms with van der Waals surface area (Å²) in [5.41, 5.74) is 1.35. The van der Waals surface area contributed by atoms with Gasteiger partial charge in [0, 0.05) is 12.3 Å². The van der Waals surface area contributed by atoms with Crippen LogP contribution in [0.15, 0.2) is 0 Å². The van der Waals surface area contributed by atoms with Gasteiger partial charge in [0.25, 0.3) is 0 Å². The smallest absolute Gasteiger partial charge is 0.303 e. The van der Waals surface area contributed by atoms with Gasteiger partial charge < -0.3 is 5.11 Å². The summed E-state index contributed by atoms with van der Waals surface area (Å²) in [5, 5.41) is 9.68. The molecule has 34 heavy (non-hydrogen) atoms. The van der Waals surface area contributed by atoms with Crippen LogP contribution in [0.2, 0.25) is 0 Å². The minimum atomic E-state index is -0.626. The number of hydrogen-bond acceptors (Lipinski definition) is 2. The number of aliphatic carboxylic acids is 1. The summed E-state index contributed by atoms with van der Waals surface area (Å²) in [6.45, 7) is 17.4. The van der Waals surface area contributed by atoms with E-state index in [1.165, 1.54) is 44.9 Å². The number of ketones is 1. The molecule has 0 amide bonds. The molecule has 5 fully saturated rings. The normalized spacial score (nSPS) is 57.1. The van der Waals surface area contributed by atoms with Crippen LogP contribution in [0.4, 0.5) is 0 Å². The number of fused-ring (bicyclic) bond motifs is 7. The molecule has 0 aliphatic heterocycles. The lowest BCUT2D eigenvalue weighted by atomic mass is 9.30. The molecule has 0 saturated heterocycles. The first kappa shape index (κ1) is 24.8. The van der Waals surface area contributed by atoms with Gasteiger partial charge in [0.2, 0.25) is 0 Å². The van der Waals surface area contributed by atoms with Gasteiger partial charge >= 0.3 is 5.97 Å². The number of carbonyl (C=O) groups excluding carboxylic acids is 1. The van der Waals surface area contributed by atoms with Gasteiger partial charge in [-0.1, -0.05) is 48.5 Å². The van der Waals surface area contributed by atoms with Crippen LogP contribution in [0.1, 0.15) is 126 Å². The topological polar surface area (TPSA) is 54.4 Å². The van der Waals surface area contributed by atoms with E-state index in [1.807, 2.05) is 0 Å². The molecule has 5 aliphatic carbocycles. The molecule has 1 N–H and O–H groups in total. The highest BCUT2D eigenvalue weighted by Crippen LogP contribution is 2.78. The van der Waals surface area contributed by atoms with Gasteiger partial charge in [0.15, 0.2) is 0 Å². The average Bonchev–Trinajstić information content (AvgIpc) is 2.74. The zero-order chi connectivity index (χ0) is 24.9. The van der Waals surface area contributed by atoms with E-state index in [0.29, 0.717) is 40.3 Å². The molecule has 0 bridgehead atoms.